The van der Waals surface area contributed by atoms with Gasteiger partial charge in [-0.1, -0.05) is 17.7 Å². The Hall–Kier alpha value is -2.43. The molecule has 0 spiro atoms. The number of fused-ring (bicyclic) bond motifs is 1. The van der Waals surface area contributed by atoms with Crippen LogP contribution in [0.2, 0.25) is 5.02 Å². The van der Waals surface area contributed by atoms with Crippen LogP contribution in [0, 0.1) is 0 Å². The number of rotatable bonds is 8. The zero-order valence-electron chi connectivity index (χ0n) is 14.0. The average molecular weight is 396 g/mol. The molecule has 2 aromatic heterocycles. The summed E-state index contributed by atoms with van der Waals surface area (Å²) < 4.78 is 24.6. The Morgan fingerprint density at radius 2 is 2.04 bits per heavy atom. The minimum atomic E-state index is -3.18. The van der Waals surface area contributed by atoms with Crippen LogP contribution in [0.1, 0.15) is 6.42 Å². The van der Waals surface area contributed by atoms with Crippen molar-refractivity contribution in [3.8, 4) is 0 Å². The molecular weight excluding hydrogens is 378 g/mol. The van der Waals surface area contributed by atoms with E-state index in [0.29, 0.717) is 47.2 Å². The van der Waals surface area contributed by atoms with Crippen molar-refractivity contribution < 1.29 is 8.42 Å². The molecule has 0 saturated carbocycles. The third-order valence-electron chi connectivity index (χ3n) is 3.46. The summed E-state index contributed by atoms with van der Waals surface area (Å²) in [5.74, 6) is 1.17. The van der Waals surface area contributed by atoms with Crippen LogP contribution in [0.4, 0.5) is 17.3 Å². The summed E-state index contributed by atoms with van der Waals surface area (Å²) >= 11 is 6.02. The van der Waals surface area contributed by atoms with Crippen molar-refractivity contribution in [2.45, 2.75) is 6.42 Å². The number of aromatic amines is 1. The third-order valence-corrected chi connectivity index (χ3v) is 4.42. The van der Waals surface area contributed by atoms with E-state index in [2.05, 4.69) is 35.5 Å². The van der Waals surface area contributed by atoms with Crippen molar-refractivity contribution in [2.24, 2.45) is 0 Å². The first-order valence-electron chi connectivity index (χ1n) is 7.82. The maximum Gasteiger partial charge on any atom is 0.208 e. The van der Waals surface area contributed by atoms with Gasteiger partial charge in [0.15, 0.2) is 11.5 Å². The summed E-state index contributed by atoms with van der Waals surface area (Å²) in [6.45, 7) is 0.881. The number of nitrogens with zero attached hydrogens (tertiary/aromatic N) is 3. The second-order valence-electron chi connectivity index (χ2n) is 5.60. The van der Waals surface area contributed by atoms with E-state index in [9.17, 15) is 8.42 Å². The fourth-order valence-corrected chi connectivity index (χ4v) is 3.04. The van der Waals surface area contributed by atoms with Gasteiger partial charge in [-0.2, -0.15) is 5.10 Å². The summed E-state index contributed by atoms with van der Waals surface area (Å²) in [6.07, 6.45) is 3.17. The van der Waals surface area contributed by atoms with Gasteiger partial charge in [-0.25, -0.2) is 23.1 Å². The van der Waals surface area contributed by atoms with Crippen molar-refractivity contribution in [3.05, 3.63) is 35.6 Å². The predicted molar refractivity (Wildman–Crippen MR) is 102 cm³/mol. The van der Waals surface area contributed by atoms with Gasteiger partial charge in [0.2, 0.25) is 10.0 Å². The molecular formula is C15H18ClN7O2S. The van der Waals surface area contributed by atoms with Crippen LogP contribution in [-0.2, 0) is 10.0 Å². The second kappa shape index (κ2) is 7.85. The van der Waals surface area contributed by atoms with Crippen molar-refractivity contribution in [2.75, 3.05) is 30.0 Å². The number of sulfonamides is 1. The van der Waals surface area contributed by atoms with Gasteiger partial charge in [-0.15, -0.1) is 0 Å². The van der Waals surface area contributed by atoms with E-state index < -0.39 is 10.0 Å². The normalized spacial score (nSPS) is 11.6. The second-order valence-corrected chi connectivity index (χ2v) is 7.87. The number of benzene rings is 1. The number of hydrogen-bond acceptors (Lipinski definition) is 7. The fraction of sp³-hybridized carbons (Fsp3) is 0.267. The standard InChI is InChI=1S/C15H18ClN7O2S/c1-26(24,25)20-7-3-6-17-14-12-13(18-9-19-15(12)23-22-14)21-11-5-2-4-10(16)8-11/h2,4-5,8-9,20H,3,6-7H2,1H3,(H3,17,18,19,21,22,23). The molecule has 2 heterocycles. The lowest BCUT2D eigenvalue weighted by Gasteiger charge is -2.09. The Labute approximate surface area is 155 Å². The van der Waals surface area contributed by atoms with Gasteiger partial charge in [-0.3, -0.25) is 5.10 Å². The average Bonchev–Trinajstić information content (AvgIpc) is 2.98. The maximum absolute atomic E-state index is 11.1. The third kappa shape index (κ3) is 4.81. The predicted octanol–water partition coefficient (Wildman–Crippen LogP) is 2.10. The number of hydrogen-bond donors (Lipinski definition) is 4. The van der Waals surface area contributed by atoms with Crippen LogP contribution in [0.5, 0.6) is 0 Å². The first kappa shape index (κ1) is 18.4. The molecule has 3 aromatic rings. The van der Waals surface area contributed by atoms with Gasteiger partial charge in [0.1, 0.15) is 17.5 Å². The molecule has 11 heteroatoms. The van der Waals surface area contributed by atoms with Crippen LogP contribution in [0.25, 0.3) is 11.0 Å². The molecule has 0 radical (unpaired) electrons. The van der Waals surface area contributed by atoms with E-state index in [0.717, 1.165) is 11.9 Å². The Balaban J connectivity index is 1.73. The van der Waals surface area contributed by atoms with Crippen molar-refractivity contribution in [3.63, 3.8) is 0 Å². The molecule has 9 nitrogen and oxygen atoms in total. The molecule has 3 rings (SSSR count). The van der Waals surface area contributed by atoms with E-state index in [-0.39, 0.29) is 0 Å². The Morgan fingerprint density at radius 1 is 1.19 bits per heavy atom. The summed E-state index contributed by atoms with van der Waals surface area (Å²) in [5.41, 5.74) is 1.38. The first-order chi connectivity index (χ1) is 12.4. The molecule has 26 heavy (non-hydrogen) atoms. The Bertz CT molecular complexity index is 1010. The molecule has 0 aliphatic carbocycles. The quantitative estimate of drug-likeness (QED) is 0.430. The van der Waals surface area contributed by atoms with Crippen molar-refractivity contribution >= 4 is 50.0 Å². The molecule has 0 amide bonds. The molecule has 0 fully saturated rings. The van der Waals surface area contributed by atoms with Gasteiger partial charge in [0.05, 0.1) is 6.26 Å². The van der Waals surface area contributed by atoms with Crippen LogP contribution in [-0.4, -0.2) is 47.9 Å². The smallest absolute Gasteiger partial charge is 0.208 e. The van der Waals surface area contributed by atoms with Gasteiger partial charge in [-0.05, 0) is 24.6 Å². The van der Waals surface area contributed by atoms with E-state index in [4.69, 9.17) is 11.6 Å². The van der Waals surface area contributed by atoms with E-state index in [1.54, 1.807) is 12.1 Å². The summed E-state index contributed by atoms with van der Waals surface area (Å²) in [6, 6.07) is 7.30. The lowest BCUT2D eigenvalue weighted by molar-refractivity contribution is 0.586. The fourth-order valence-electron chi connectivity index (χ4n) is 2.34. The zero-order chi connectivity index (χ0) is 18.6. The first-order valence-corrected chi connectivity index (χ1v) is 10.1. The molecule has 138 valence electrons. The summed E-state index contributed by atoms with van der Waals surface area (Å²) in [5, 5.41) is 14.8. The highest BCUT2D eigenvalue weighted by Crippen LogP contribution is 2.28. The lowest BCUT2D eigenvalue weighted by atomic mass is 10.3. The molecule has 0 aliphatic heterocycles. The molecule has 1 aromatic carbocycles. The molecule has 0 saturated heterocycles. The van der Waals surface area contributed by atoms with Gasteiger partial charge in [0.25, 0.3) is 0 Å². The lowest BCUT2D eigenvalue weighted by Crippen LogP contribution is -2.24. The number of aromatic nitrogens is 4. The highest BCUT2D eigenvalue weighted by atomic mass is 35.5. The Kier molecular flexibility index (Phi) is 5.55. The van der Waals surface area contributed by atoms with E-state index in [1.807, 2.05) is 12.1 Å². The van der Waals surface area contributed by atoms with Gasteiger partial charge in [0, 0.05) is 23.8 Å². The topological polar surface area (TPSA) is 125 Å². The van der Waals surface area contributed by atoms with Gasteiger partial charge >= 0.3 is 0 Å². The van der Waals surface area contributed by atoms with Gasteiger partial charge < -0.3 is 10.6 Å². The molecule has 0 bridgehead atoms. The van der Waals surface area contributed by atoms with E-state index in [1.165, 1.54) is 6.33 Å². The minimum Gasteiger partial charge on any atom is -0.368 e. The largest absolute Gasteiger partial charge is 0.368 e. The highest BCUT2D eigenvalue weighted by molar-refractivity contribution is 7.88. The van der Waals surface area contributed by atoms with Crippen molar-refractivity contribution in [1.29, 1.82) is 0 Å². The summed E-state index contributed by atoms with van der Waals surface area (Å²) in [7, 11) is -3.18. The Morgan fingerprint density at radius 3 is 2.81 bits per heavy atom. The monoisotopic (exact) mass is 395 g/mol. The summed E-state index contributed by atoms with van der Waals surface area (Å²) in [4.78, 5) is 8.46. The van der Waals surface area contributed by atoms with Crippen LogP contribution in [0.15, 0.2) is 30.6 Å². The molecule has 4 N–H and O–H groups in total. The van der Waals surface area contributed by atoms with Crippen LogP contribution in [0.3, 0.4) is 0 Å². The van der Waals surface area contributed by atoms with Crippen LogP contribution < -0.4 is 15.4 Å². The number of anilines is 3. The zero-order valence-corrected chi connectivity index (χ0v) is 15.5. The number of H-pyrrole nitrogens is 1. The SMILES string of the molecule is CS(=O)(=O)NCCCNc1n[nH]c2ncnc(Nc3cccc(Cl)c3)c12. The minimum absolute atomic E-state index is 0.346. The number of nitrogens with one attached hydrogen (secondary N) is 4. The number of halogens is 1. The molecule has 0 unspecified atom stereocenters. The van der Waals surface area contributed by atoms with E-state index >= 15 is 0 Å². The van der Waals surface area contributed by atoms with Crippen LogP contribution >= 0.6 is 11.6 Å². The van der Waals surface area contributed by atoms with Crippen molar-refractivity contribution in [1.82, 2.24) is 24.9 Å². The highest BCUT2D eigenvalue weighted by Gasteiger charge is 2.13. The molecule has 0 aliphatic rings. The molecule has 0 atom stereocenters. The maximum atomic E-state index is 11.1.